The smallest absolute Gasteiger partial charge is 0.191 e. The second kappa shape index (κ2) is 12.6. The van der Waals surface area contributed by atoms with Crippen molar-refractivity contribution in [3.8, 4) is 5.75 Å². The van der Waals surface area contributed by atoms with Crippen LogP contribution >= 0.6 is 24.0 Å². The Morgan fingerprint density at radius 3 is 2.64 bits per heavy atom. The van der Waals surface area contributed by atoms with Crippen LogP contribution < -0.4 is 15.4 Å². The molecule has 0 atom stereocenters. The highest BCUT2D eigenvalue weighted by atomic mass is 127. The largest absolute Gasteiger partial charge is 0.493 e. The van der Waals surface area contributed by atoms with Crippen LogP contribution in [0.5, 0.6) is 5.75 Å². The molecule has 0 saturated carbocycles. The number of hydrogen-bond acceptors (Lipinski definition) is 3. The molecular formula is C21H34IN5O. The normalized spacial score (nSPS) is 11.3. The number of benzene rings is 1. The van der Waals surface area contributed by atoms with Crippen LogP contribution in [0, 0.1) is 19.8 Å². The Bertz CT molecular complexity index is 742. The molecule has 1 aromatic heterocycles. The summed E-state index contributed by atoms with van der Waals surface area (Å²) in [5, 5.41) is 11.2. The number of aryl methyl sites for hydroxylation is 3. The lowest BCUT2D eigenvalue weighted by Crippen LogP contribution is -2.37. The minimum absolute atomic E-state index is 0. The molecule has 1 aromatic carbocycles. The van der Waals surface area contributed by atoms with Gasteiger partial charge in [-0.1, -0.05) is 26.0 Å². The van der Waals surface area contributed by atoms with Crippen molar-refractivity contribution in [2.45, 2.75) is 47.2 Å². The third-order valence-corrected chi connectivity index (χ3v) is 4.11. The first-order valence-corrected chi connectivity index (χ1v) is 9.65. The summed E-state index contributed by atoms with van der Waals surface area (Å²) in [4.78, 5) is 4.29. The Morgan fingerprint density at radius 2 is 2.00 bits per heavy atom. The number of ether oxygens (including phenoxy) is 1. The molecular weight excluding hydrogens is 465 g/mol. The van der Waals surface area contributed by atoms with Crippen LogP contribution in [0.25, 0.3) is 0 Å². The summed E-state index contributed by atoms with van der Waals surface area (Å²) in [7, 11) is 1.79. The molecule has 0 fully saturated rings. The van der Waals surface area contributed by atoms with Crippen molar-refractivity contribution in [2.75, 3.05) is 20.2 Å². The van der Waals surface area contributed by atoms with Crippen molar-refractivity contribution in [2.24, 2.45) is 10.9 Å². The highest BCUT2D eigenvalue weighted by Crippen LogP contribution is 2.14. The van der Waals surface area contributed by atoms with E-state index in [0.29, 0.717) is 12.5 Å². The number of guanidine groups is 1. The van der Waals surface area contributed by atoms with Crippen LogP contribution in [0.1, 0.15) is 37.2 Å². The lowest BCUT2D eigenvalue weighted by molar-refractivity contribution is 0.271. The summed E-state index contributed by atoms with van der Waals surface area (Å²) in [5.74, 6) is 2.23. The summed E-state index contributed by atoms with van der Waals surface area (Å²) in [6, 6.07) is 10.3. The summed E-state index contributed by atoms with van der Waals surface area (Å²) in [6.07, 6.45) is 0.987. The van der Waals surface area contributed by atoms with E-state index in [0.717, 1.165) is 43.5 Å². The van der Waals surface area contributed by atoms with E-state index in [1.165, 1.54) is 11.3 Å². The minimum Gasteiger partial charge on any atom is -0.493 e. The van der Waals surface area contributed by atoms with Crippen molar-refractivity contribution < 1.29 is 4.74 Å². The van der Waals surface area contributed by atoms with Gasteiger partial charge in [0.2, 0.25) is 0 Å². The molecule has 1 heterocycles. The van der Waals surface area contributed by atoms with E-state index in [1.807, 2.05) is 19.1 Å². The Morgan fingerprint density at radius 1 is 1.21 bits per heavy atom. The molecule has 0 radical (unpaired) electrons. The van der Waals surface area contributed by atoms with Crippen molar-refractivity contribution in [1.29, 1.82) is 0 Å². The predicted octanol–water partition coefficient (Wildman–Crippen LogP) is 3.91. The number of halogens is 1. The highest BCUT2D eigenvalue weighted by molar-refractivity contribution is 14.0. The minimum atomic E-state index is 0. The lowest BCUT2D eigenvalue weighted by Gasteiger charge is -2.13. The number of nitrogens with one attached hydrogen (secondary N) is 2. The molecule has 0 aliphatic heterocycles. The lowest BCUT2D eigenvalue weighted by atomic mass is 10.2. The van der Waals surface area contributed by atoms with E-state index in [2.05, 4.69) is 64.4 Å². The molecule has 6 nitrogen and oxygen atoms in total. The summed E-state index contributed by atoms with van der Waals surface area (Å²) in [6.45, 7) is 11.6. The van der Waals surface area contributed by atoms with Crippen molar-refractivity contribution >= 4 is 29.9 Å². The van der Waals surface area contributed by atoms with Crippen LogP contribution in [-0.4, -0.2) is 35.9 Å². The molecule has 2 aromatic rings. The molecule has 0 spiro atoms. The second-order valence-corrected chi connectivity index (χ2v) is 7.21. The van der Waals surface area contributed by atoms with E-state index in [4.69, 9.17) is 4.74 Å². The van der Waals surface area contributed by atoms with Crippen LogP contribution in [0.2, 0.25) is 0 Å². The molecule has 0 unspecified atom stereocenters. The Kier molecular flexibility index (Phi) is 11.0. The van der Waals surface area contributed by atoms with E-state index in [-0.39, 0.29) is 24.0 Å². The average Bonchev–Trinajstić information content (AvgIpc) is 2.97. The molecule has 2 N–H and O–H groups in total. The number of aliphatic imine (C=N–C) groups is 1. The molecule has 0 saturated heterocycles. The fraction of sp³-hybridized carbons (Fsp3) is 0.524. The number of rotatable bonds is 9. The second-order valence-electron chi connectivity index (χ2n) is 7.21. The third kappa shape index (κ3) is 8.50. The fourth-order valence-electron chi connectivity index (χ4n) is 2.75. The van der Waals surface area contributed by atoms with Crippen molar-refractivity contribution in [3.63, 3.8) is 0 Å². The van der Waals surface area contributed by atoms with Gasteiger partial charge in [0.1, 0.15) is 5.75 Å². The van der Waals surface area contributed by atoms with Gasteiger partial charge >= 0.3 is 0 Å². The van der Waals surface area contributed by atoms with Gasteiger partial charge in [-0.05, 0) is 49.9 Å². The summed E-state index contributed by atoms with van der Waals surface area (Å²) in [5.41, 5.74) is 3.44. The fourth-order valence-corrected chi connectivity index (χ4v) is 2.75. The molecule has 0 amide bonds. The zero-order chi connectivity index (χ0) is 19.6. The van der Waals surface area contributed by atoms with E-state index in [1.54, 1.807) is 7.05 Å². The van der Waals surface area contributed by atoms with Gasteiger partial charge in [0.05, 0.1) is 12.3 Å². The number of aromatic nitrogens is 2. The predicted molar refractivity (Wildman–Crippen MR) is 127 cm³/mol. The Balaban J connectivity index is 0.00000392. The Hall–Kier alpha value is -1.77. The van der Waals surface area contributed by atoms with Crippen molar-refractivity contribution in [3.05, 3.63) is 47.3 Å². The van der Waals surface area contributed by atoms with Gasteiger partial charge in [0.25, 0.3) is 0 Å². The zero-order valence-electron chi connectivity index (χ0n) is 17.7. The van der Waals surface area contributed by atoms with Crippen LogP contribution in [0.3, 0.4) is 0 Å². The van der Waals surface area contributed by atoms with E-state index >= 15 is 0 Å². The molecule has 28 heavy (non-hydrogen) atoms. The van der Waals surface area contributed by atoms with Gasteiger partial charge in [-0.2, -0.15) is 5.10 Å². The van der Waals surface area contributed by atoms with E-state index in [9.17, 15) is 0 Å². The molecule has 156 valence electrons. The van der Waals surface area contributed by atoms with Gasteiger partial charge in [0, 0.05) is 32.4 Å². The number of nitrogens with zero attached hydrogens (tertiary/aromatic N) is 3. The zero-order valence-corrected chi connectivity index (χ0v) is 20.0. The molecule has 2 rings (SSSR count). The maximum absolute atomic E-state index is 5.79. The first kappa shape index (κ1) is 24.3. The standard InChI is InChI=1S/C21H33N5O.HI/c1-16(2)15-27-20-9-6-8-19(13-20)14-24-21(22-5)23-10-7-11-26-18(4)12-17(3)25-26;/h6,8-9,12-13,16H,7,10-11,14-15H2,1-5H3,(H2,22,23,24);1H. The first-order valence-electron chi connectivity index (χ1n) is 9.65. The maximum atomic E-state index is 5.79. The van der Waals surface area contributed by atoms with Crippen LogP contribution in [-0.2, 0) is 13.1 Å². The topological polar surface area (TPSA) is 63.5 Å². The molecule has 0 bridgehead atoms. The van der Waals surface area contributed by atoms with Gasteiger partial charge < -0.3 is 15.4 Å². The monoisotopic (exact) mass is 499 g/mol. The highest BCUT2D eigenvalue weighted by Gasteiger charge is 2.03. The summed E-state index contributed by atoms with van der Waals surface area (Å²) >= 11 is 0. The molecule has 7 heteroatoms. The molecule has 0 aliphatic rings. The van der Waals surface area contributed by atoms with Gasteiger partial charge in [0.15, 0.2) is 5.96 Å². The van der Waals surface area contributed by atoms with E-state index < -0.39 is 0 Å². The quantitative estimate of drug-likeness (QED) is 0.238. The van der Waals surface area contributed by atoms with Crippen molar-refractivity contribution in [1.82, 2.24) is 20.4 Å². The maximum Gasteiger partial charge on any atom is 0.191 e. The third-order valence-electron chi connectivity index (χ3n) is 4.11. The number of hydrogen-bond donors (Lipinski definition) is 2. The van der Waals surface area contributed by atoms with Crippen LogP contribution in [0.4, 0.5) is 0 Å². The SMILES string of the molecule is CN=C(NCCCn1nc(C)cc1C)NCc1cccc(OCC(C)C)c1.I. The first-order chi connectivity index (χ1) is 13.0. The van der Waals surface area contributed by atoms with Crippen LogP contribution in [0.15, 0.2) is 35.3 Å². The van der Waals surface area contributed by atoms with Gasteiger partial charge in [-0.15, -0.1) is 24.0 Å². The van der Waals surface area contributed by atoms with Gasteiger partial charge in [-0.3, -0.25) is 9.67 Å². The van der Waals surface area contributed by atoms with Gasteiger partial charge in [-0.25, -0.2) is 0 Å². The summed E-state index contributed by atoms with van der Waals surface area (Å²) < 4.78 is 7.84. The molecule has 0 aliphatic carbocycles. The average molecular weight is 499 g/mol. The Labute approximate surface area is 186 Å².